The Morgan fingerprint density at radius 2 is 1.89 bits per heavy atom. The van der Waals surface area contributed by atoms with Gasteiger partial charge in [0.15, 0.2) is 5.79 Å². The van der Waals surface area contributed by atoms with Crippen molar-refractivity contribution in [2.24, 2.45) is 23.7 Å². The largest absolute Gasteiger partial charge is 0.347 e. The second-order valence-electron chi connectivity index (χ2n) is 6.10. The molecule has 1 spiro atoms. The summed E-state index contributed by atoms with van der Waals surface area (Å²) in [7, 11) is -3.44. The molecule has 5 atom stereocenters. The van der Waals surface area contributed by atoms with E-state index in [2.05, 4.69) is 12.2 Å². The third-order valence-corrected chi connectivity index (χ3v) is 5.61. The fraction of sp³-hybridized carbons (Fsp3) is 0.846. The molecular weight excluding hydrogens is 268 g/mol. The van der Waals surface area contributed by atoms with E-state index in [-0.39, 0.29) is 12.0 Å². The standard InChI is InChI=1S/C13H18O5S/c1-19(14,15)18-10-6-8-2-3-9-7-13(12(10)11(8)9)16-4-5-17-13/h2-3,8-12H,4-7H2,1H3/t8-,9+,10+,11-,12+/m0/s1. The van der Waals surface area contributed by atoms with E-state index in [1.54, 1.807) is 0 Å². The van der Waals surface area contributed by atoms with Crippen molar-refractivity contribution in [1.29, 1.82) is 0 Å². The van der Waals surface area contributed by atoms with Gasteiger partial charge >= 0.3 is 0 Å². The predicted molar refractivity (Wildman–Crippen MR) is 66.7 cm³/mol. The highest BCUT2D eigenvalue weighted by Gasteiger charge is 2.66. The molecule has 3 aliphatic carbocycles. The average molecular weight is 286 g/mol. The van der Waals surface area contributed by atoms with Gasteiger partial charge in [-0.3, -0.25) is 4.18 Å². The summed E-state index contributed by atoms with van der Waals surface area (Å²) < 4.78 is 40.0. The molecule has 0 bridgehead atoms. The quantitative estimate of drug-likeness (QED) is 0.558. The van der Waals surface area contributed by atoms with Crippen LogP contribution in [0.15, 0.2) is 12.2 Å². The van der Waals surface area contributed by atoms with Crippen molar-refractivity contribution in [2.75, 3.05) is 19.5 Å². The molecule has 106 valence electrons. The number of hydrogen-bond acceptors (Lipinski definition) is 5. The normalized spacial score (nSPS) is 46.3. The van der Waals surface area contributed by atoms with Crippen LogP contribution >= 0.6 is 0 Å². The summed E-state index contributed by atoms with van der Waals surface area (Å²) in [5, 5.41) is 0. The summed E-state index contributed by atoms with van der Waals surface area (Å²) in [6.07, 6.45) is 6.86. The number of rotatable bonds is 2. The second-order valence-corrected chi connectivity index (χ2v) is 7.70. The van der Waals surface area contributed by atoms with Crippen LogP contribution in [0.2, 0.25) is 0 Å². The topological polar surface area (TPSA) is 61.8 Å². The average Bonchev–Trinajstić information content (AvgIpc) is 2.97. The lowest BCUT2D eigenvalue weighted by Crippen LogP contribution is -2.42. The number of ether oxygens (including phenoxy) is 2. The van der Waals surface area contributed by atoms with Crippen molar-refractivity contribution in [2.45, 2.75) is 24.7 Å². The zero-order valence-electron chi connectivity index (χ0n) is 10.8. The van der Waals surface area contributed by atoms with E-state index in [0.29, 0.717) is 31.0 Å². The van der Waals surface area contributed by atoms with Gasteiger partial charge in [-0.1, -0.05) is 12.2 Å². The van der Waals surface area contributed by atoms with Crippen molar-refractivity contribution >= 4 is 10.1 Å². The number of allylic oxidation sites excluding steroid dienone is 2. The summed E-state index contributed by atoms with van der Waals surface area (Å²) in [6, 6.07) is 0. The highest BCUT2D eigenvalue weighted by Crippen LogP contribution is 2.62. The molecule has 4 rings (SSSR count). The molecule has 3 fully saturated rings. The molecule has 0 aromatic rings. The van der Waals surface area contributed by atoms with Crippen LogP contribution in [0, 0.1) is 23.7 Å². The fourth-order valence-electron chi connectivity index (χ4n) is 4.64. The van der Waals surface area contributed by atoms with Crippen LogP contribution in [-0.2, 0) is 23.8 Å². The molecule has 0 radical (unpaired) electrons. The van der Waals surface area contributed by atoms with Gasteiger partial charge in [0.2, 0.25) is 0 Å². The first kappa shape index (κ1) is 12.3. The highest BCUT2D eigenvalue weighted by atomic mass is 32.2. The van der Waals surface area contributed by atoms with Gasteiger partial charge in [-0.25, -0.2) is 0 Å². The Hall–Kier alpha value is -0.430. The maximum atomic E-state index is 11.5. The van der Waals surface area contributed by atoms with Crippen LogP contribution in [0.4, 0.5) is 0 Å². The molecule has 0 aromatic carbocycles. The summed E-state index contributed by atoms with van der Waals surface area (Å²) in [5.41, 5.74) is 0. The van der Waals surface area contributed by atoms with Gasteiger partial charge in [0.1, 0.15) is 0 Å². The summed E-state index contributed by atoms with van der Waals surface area (Å²) in [4.78, 5) is 0. The molecule has 19 heavy (non-hydrogen) atoms. The van der Waals surface area contributed by atoms with Crippen LogP contribution in [0.3, 0.4) is 0 Å². The van der Waals surface area contributed by atoms with E-state index in [4.69, 9.17) is 13.7 Å². The van der Waals surface area contributed by atoms with Gasteiger partial charge in [0.05, 0.1) is 25.6 Å². The molecular formula is C13H18O5S. The Morgan fingerprint density at radius 1 is 1.21 bits per heavy atom. The molecule has 1 heterocycles. The lowest BCUT2D eigenvalue weighted by atomic mass is 9.90. The van der Waals surface area contributed by atoms with Crippen molar-refractivity contribution < 1.29 is 22.1 Å². The number of hydrogen-bond donors (Lipinski definition) is 0. The smallest absolute Gasteiger partial charge is 0.264 e. The maximum absolute atomic E-state index is 11.5. The van der Waals surface area contributed by atoms with Crippen LogP contribution in [0.25, 0.3) is 0 Å². The van der Waals surface area contributed by atoms with E-state index in [9.17, 15) is 8.42 Å². The fourth-order valence-corrected chi connectivity index (χ4v) is 5.29. The third kappa shape index (κ3) is 1.73. The SMILES string of the molecule is CS(=O)(=O)O[C@@H]1C[C@@H]2C=C[C@@H]3CC4(OCCO4)[C@H]1[C@H]32. The molecule has 0 unspecified atom stereocenters. The zero-order chi connectivity index (χ0) is 13.3. The van der Waals surface area contributed by atoms with E-state index >= 15 is 0 Å². The van der Waals surface area contributed by atoms with E-state index in [0.717, 1.165) is 19.1 Å². The van der Waals surface area contributed by atoms with Gasteiger partial charge in [0, 0.05) is 12.3 Å². The van der Waals surface area contributed by atoms with Crippen molar-refractivity contribution in [1.82, 2.24) is 0 Å². The van der Waals surface area contributed by atoms with Gasteiger partial charge in [-0.15, -0.1) is 0 Å². The van der Waals surface area contributed by atoms with Crippen molar-refractivity contribution in [3.05, 3.63) is 12.2 Å². The first-order valence-corrected chi connectivity index (χ1v) is 8.65. The zero-order valence-corrected chi connectivity index (χ0v) is 11.6. The molecule has 5 nitrogen and oxygen atoms in total. The van der Waals surface area contributed by atoms with Crippen LogP contribution < -0.4 is 0 Å². The monoisotopic (exact) mass is 286 g/mol. The molecule has 0 amide bonds. The van der Waals surface area contributed by atoms with E-state index in [1.165, 1.54) is 0 Å². The molecule has 0 aromatic heterocycles. The Labute approximate surface area is 113 Å². The van der Waals surface area contributed by atoms with Crippen LogP contribution in [-0.4, -0.2) is 39.8 Å². The third-order valence-electron chi connectivity index (χ3n) is 5.02. The van der Waals surface area contributed by atoms with Gasteiger partial charge in [-0.05, 0) is 24.2 Å². The summed E-state index contributed by atoms with van der Waals surface area (Å²) in [5.74, 6) is 0.708. The molecule has 1 aliphatic heterocycles. The Morgan fingerprint density at radius 3 is 2.58 bits per heavy atom. The van der Waals surface area contributed by atoms with Gasteiger partial charge in [0.25, 0.3) is 10.1 Å². The Balaban J connectivity index is 1.70. The first-order valence-electron chi connectivity index (χ1n) is 6.83. The minimum atomic E-state index is -3.44. The minimum Gasteiger partial charge on any atom is -0.347 e. The van der Waals surface area contributed by atoms with Gasteiger partial charge in [-0.2, -0.15) is 8.42 Å². The lowest BCUT2D eigenvalue weighted by Gasteiger charge is -2.32. The van der Waals surface area contributed by atoms with Crippen LogP contribution in [0.5, 0.6) is 0 Å². The Bertz CT molecular complexity index is 519. The lowest BCUT2D eigenvalue weighted by molar-refractivity contribution is -0.198. The van der Waals surface area contributed by atoms with Gasteiger partial charge < -0.3 is 9.47 Å². The highest BCUT2D eigenvalue weighted by molar-refractivity contribution is 7.86. The minimum absolute atomic E-state index is 0.0368. The molecule has 4 aliphatic rings. The predicted octanol–water partition coefficient (Wildman–Crippen LogP) is 0.916. The molecule has 2 saturated carbocycles. The summed E-state index contributed by atoms with van der Waals surface area (Å²) in [6.45, 7) is 1.19. The summed E-state index contributed by atoms with van der Waals surface area (Å²) >= 11 is 0. The molecule has 6 heteroatoms. The Kier molecular flexibility index (Phi) is 2.47. The molecule has 0 N–H and O–H groups in total. The maximum Gasteiger partial charge on any atom is 0.264 e. The number of fused-ring (bicyclic) bond motifs is 1. The molecule has 1 saturated heterocycles. The second kappa shape index (κ2) is 3.81. The first-order chi connectivity index (χ1) is 8.99. The van der Waals surface area contributed by atoms with Crippen molar-refractivity contribution in [3.8, 4) is 0 Å². The van der Waals surface area contributed by atoms with Crippen molar-refractivity contribution in [3.63, 3.8) is 0 Å². The van der Waals surface area contributed by atoms with E-state index < -0.39 is 15.9 Å². The van der Waals surface area contributed by atoms with Crippen LogP contribution in [0.1, 0.15) is 12.8 Å². The van der Waals surface area contributed by atoms with E-state index in [1.807, 2.05) is 0 Å².